The first-order valence-electron chi connectivity index (χ1n) is 13.7. The number of hydrogen-bond donors (Lipinski definition) is 5. The quantitative estimate of drug-likeness (QED) is 0.194. The van der Waals surface area contributed by atoms with Gasteiger partial charge in [-0.2, -0.15) is 0 Å². The molecule has 11 heteroatoms. The lowest BCUT2D eigenvalue weighted by molar-refractivity contribution is 0.0107. The molecule has 1 aliphatic carbocycles. The van der Waals surface area contributed by atoms with Gasteiger partial charge in [-0.3, -0.25) is 14.5 Å². The number of amides is 3. The van der Waals surface area contributed by atoms with Gasteiger partial charge < -0.3 is 26.2 Å². The second kappa shape index (κ2) is 10.8. The van der Waals surface area contributed by atoms with Crippen LogP contribution in [0.1, 0.15) is 57.8 Å². The van der Waals surface area contributed by atoms with Crippen molar-refractivity contribution in [1.82, 2.24) is 4.98 Å². The van der Waals surface area contributed by atoms with E-state index in [0.717, 1.165) is 30.4 Å². The number of hydrogen-bond acceptors (Lipinski definition) is 4. The van der Waals surface area contributed by atoms with Gasteiger partial charge in [-0.1, -0.05) is 18.2 Å². The summed E-state index contributed by atoms with van der Waals surface area (Å²) in [5, 5.41) is 23.3. The molecule has 1 atom stereocenters. The Hall–Kier alpha value is -4.77. The summed E-state index contributed by atoms with van der Waals surface area (Å²) in [5.74, 6) is -3.15. The Morgan fingerprint density at radius 3 is 2.44 bits per heavy atom. The Morgan fingerprint density at radius 2 is 1.79 bits per heavy atom. The number of carboxylic acid groups (broad SMARTS) is 1. The Kier molecular flexibility index (Phi) is 7.47. The molecule has 0 radical (unpaired) electrons. The third kappa shape index (κ3) is 5.20. The average molecular weight is 591 g/mol. The van der Waals surface area contributed by atoms with Crippen molar-refractivity contribution in [3.63, 3.8) is 0 Å². The van der Waals surface area contributed by atoms with E-state index < -0.39 is 40.8 Å². The zero-order valence-electron chi connectivity index (χ0n) is 24.1. The summed E-state index contributed by atoms with van der Waals surface area (Å²) < 4.78 is 30.6. The van der Waals surface area contributed by atoms with E-state index in [4.69, 9.17) is 5.73 Å². The normalized spacial score (nSPS) is 14.8. The minimum atomic E-state index is -1.44. The highest BCUT2D eigenvalue weighted by atomic mass is 19.1. The number of nitrogens with one attached hydrogen (secondary N) is 2. The van der Waals surface area contributed by atoms with Crippen molar-refractivity contribution < 1.29 is 33.4 Å². The fourth-order valence-corrected chi connectivity index (χ4v) is 6.00. The molecule has 3 amide bonds. The number of anilines is 2. The lowest BCUT2D eigenvalue weighted by Gasteiger charge is -2.32. The number of benzene rings is 3. The average Bonchev–Trinajstić information content (AvgIpc) is 3.31. The van der Waals surface area contributed by atoms with E-state index in [0.29, 0.717) is 51.9 Å². The number of aromatic amines is 1. The van der Waals surface area contributed by atoms with Gasteiger partial charge in [0.2, 0.25) is 0 Å². The molecule has 43 heavy (non-hydrogen) atoms. The van der Waals surface area contributed by atoms with Crippen molar-refractivity contribution in [2.75, 3.05) is 17.3 Å². The molecule has 0 aliphatic heterocycles. The van der Waals surface area contributed by atoms with E-state index in [2.05, 4.69) is 10.3 Å². The molecule has 0 saturated carbocycles. The van der Waals surface area contributed by atoms with Crippen LogP contribution >= 0.6 is 0 Å². The van der Waals surface area contributed by atoms with Crippen LogP contribution in [0.4, 0.5) is 25.0 Å². The van der Waals surface area contributed by atoms with Crippen LogP contribution in [0.3, 0.4) is 0 Å². The van der Waals surface area contributed by atoms with E-state index in [1.807, 2.05) is 0 Å². The van der Waals surface area contributed by atoms with Crippen molar-refractivity contribution in [3.05, 3.63) is 82.0 Å². The zero-order chi connectivity index (χ0) is 31.4. The first-order valence-corrected chi connectivity index (χ1v) is 13.7. The number of aliphatic hydroxyl groups is 1. The molecule has 0 spiro atoms. The summed E-state index contributed by atoms with van der Waals surface area (Å²) in [6, 6.07) is 9.69. The molecule has 9 nitrogen and oxygen atoms in total. The van der Waals surface area contributed by atoms with Gasteiger partial charge in [0, 0.05) is 29.4 Å². The summed E-state index contributed by atoms with van der Waals surface area (Å²) in [4.78, 5) is 41.1. The highest BCUT2D eigenvalue weighted by Gasteiger charge is 2.34. The maximum absolute atomic E-state index is 16.0. The molecule has 1 aromatic heterocycles. The smallest absolute Gasteiger partial charge is 0.411 e. The summed E-state index contributed by atoms with van der Waals surface area (Å²) in [6.45, 7) is 5.19. The Labute approximate surface area is 246 Å². The number of primary amides is 1. The molecular formula is C32H32F2N4O5. The van der Waals surface area contributed by atoms with Crippen LogP contribution in [0.25, 0.3) is 22.0 Å². The van der Waals surface area contributed by atoms with Gasteiger partial charge in [0.05, 0.1) is 27.9 Å². The van der Waals surface area contributed by atoms with E-state index in [-0.39, 0.29) is 22.6 Å². The van der Waals surface area contributed by atoms with E-state index in [9.17, 15) is 29.0 Å². The first-order chi connectivity index (χ1) is 20.2. The molecule has 3 aromatic carbocycles. The lowest BCUT2D eigenvalue weighted by atomic mass is 9.77. The fourth-order valence-electron chi connectivity index (χ4n) is 6.00. The standard InChI is InChI=1S/C32H32F2N4O5/c1-15-17(7-6-10-23(15)37-30(40)19-8-5-9-21(33)28(19)38(4)31(41)42)25-22(34)14-20(29(35)39)27-26(25)18-12-11-16(32(2,3)43)13-24(18)36-27/h5-10,14,16,36,43H,11-13H2,1-4H3,(H2,35,39)(H,37,40)(H,41,42)/t16-/m0/s1. The number of aryl methyl sites for hydroxylation is 1. The topological polar surface area (TPSA) is 149 Å². The van der Waals surface area contributed by atoms with Gasteiger partial charge in [-0.15, -0.1) is 0 Å². The molecule has 0 bridgehead atoms. The van der Waals surface area contributed by atoms with Crippen LogP contribution in [0, 0.1) is 24.5 Å². The molecule has 0 fully saturated rings. The van der Waals surface area contributed by atoms with Gasteiger partial charge in [-0.05, 0) is 86.9 Å². The van der Waals surface area contributed by atoms with Crippen molar-refractivity contribution in [3.8, 4) is 11.1 Å². The van der Waals surface area contributed by atoms with Crippen molar-refractivity contribution in [1.29, 1.82) is 0 Å². The number of carbonyl (C=O) groups excluding carboxylic acids is 2. The maximum Gasteiger partial charge on any atom is 0.411 e. The van der Waals surface area contributed by atoms with Crippen LogP contribution in [0.2, 0.25) is 0 Å². The SMILES string of the molecule is Cc1c(NC(=O)c2cccc(F)c2N(C)C(=O)O)cccc1-c1c(F)cc(C(N)=O)c2[nH]c3c(c12)CC[C@H](C(C)(C)O)C3. The van der Waals surface area contributed by atoms with Gasteiger partial charge in [0.15, 0.2) is 0 Å². The summed E-state index contributed by atoms with van der Waals surface area (Å²) in [5.41, 5.74) is 7.62. The minimum absolute atomic E-state index is 0.00810. The van der Waals surface area contributed by atoms with E-state index >= 15 is 4.39 Å². The predicted molar refractivity (Wildman–Crippen MR) is 160 cm³/mol. The minimum Gasteiger partial charge on any atom is -0.465 e. The molecule has 0 saturated heterocycles. The third-order valence-electron chi connectivity index (χ3n) is 8.38. The molecule has 224 valence electrons. The number of para-hydroxylation sites is 1. The number of rotatable bonds is 6. The molecule has 6 N–H and O–H groups in total. The Bertz CT molecular complexity index is 1810. The first kappa shape index (κ1) is 29.7. The fraction of sp³-hybridized carbons (Fsp3) is 0.281. The highest BCUT2D eigenvalue weighted by molar-refractivity contribution is 6.13. The predicted octanol–water partition coefficient (Wildman–Crippen LogP) is 5.76. The van der Waals surface area contributed by atoms with E-state index in [1.165, 1.54) is 12.1 Å². The molecular weight excluding hydrogens is 558 g/mol. The van der Waals surface area contributed by atoms with Crippen LogP contribution in [0.5, 0.6) is 0 Å². The number of halogens is 2. The van der Waals surface area contributed by atoms with Gasteiger partial charge in [-0.25, -0.2) is 13.6 Å². The lowest BCUT2D eigenvalue weighted by Crippen LogP contribution is -2.34. The third-order valence-corrected chi connectivity index (χ3v) is 8.38. The molecule has 5 rings (SSSR count). The van der Waals surface area contributed by atoms with Crippen molar-refractivity contribution in [2.24, 2.45) is 11.7 Å². The van der Waals surface area contributed by atoms with Crippen molar-refractivity contribution in [2.45, 2.75) is 45.6 Å². The van der Waals surface area contributed by atoms with E-state index in [1.54, 1.807) is 39.0 Å². The summed E-state index contributed by atoms with van der Waals surface area (Å²) in [6.07, 6.45) is 0.247. The second-order valence-corrected chi connectivity index (χ2v) is 11.5. The number of H-pyrrole nitrogens is 1. The van der Waals surface area contributed by atoms with Crippen molar-refractivity contribution >= 4 is 40.2 Å². The molecule has 1 aliphatic rings. The highest BCUT2D eigenvalue weighted by Crippen LogP contribution is 2.43. The van der Waals surface area contributed by atoms with Crippen LogP contribution < -0.4 is 16.0 Å². The largest absolute Gasteiger partial charge is 0.465 e. The number of aromatic nitrogens is 1. The molecule has 4 aromatic rings. The molecule has 0 unspecified atom stereocenters. The summed E-state index contributed by atoms with van der Waals surface area (Å²) >= 11 is 0. The van der Waals surface area contributed by atoms with Crippen LogP contribution in [-0.2, 0) is 12.8 Å². The van der Waals surface area contributed by atoms with Crippen LogP contribution in [0.15, 0.2) is 42.5 Å². The second-order valence-electron chi connectivity index (χ2n) is 11.5. The maximum atomic E-state index is 16.0. The number of nitrogens with two attached hydrogens (primary N) is 1. The Balaban J connectivity index is 1.63. The van der Waals surface area contributed by atoms with Gasteiger partial charge in [0.25, 0.3) is 11.8 Å². The number of fused-ring (bicyclic) bond motifs is 3. The number of carbonyl (C=O) groups is 3. The summed E-state index contributed by atoms with van der Waals surface area (Å²) in [7, 11) is 1.13. The van der Waals surface area contributed by atoms with Crippen LogP contribution in [-0.4, -0.2) is 45.8 Å². The monoisotopic (exact) mass is 590 g/mol. The van der Waals surface area contributed by atoms with Gasteiger partial charge in [0.1, 0.15) is 11.6 Å². The van der Waals surface area contributed by atoms with Gasteiger partial charge >= 0.3 is 6.09 Å². The number of nitrogens with zero attached hydrogens (tertiary/aromatic N) is 1. The molecule has 1 heterocycles. The Morgan fingerprint density at radius 1 is 1.09 bits per heavy atom. The zero-order valence-corrected chi connectivity index (χ0v) is 24.1.